The first-order valence-electron chi connectivity index (χ1n) is 6.26. The van der Waals surface area contributed by atoms with Gasteiger partial charge in [-0.15, -0.1) is 0 Å². The van der Waals surface area contributed by atoms with Gasteiger partial charge in [0.05, 0.1) is 16.3 Å². The van der Waals surface area contributed by atoms with Crippen molar-refractivity contribution in [3.05, 3.63) is 28.8 Å². The first-order chi connectivity index (χ1) is 8.91. The van der Waals surface area contributed by atoms with E-state index < -0.39 is 11.7 Å². The van der Waals surface area contributed by atoms with E-state index in [1.54, 1.807) is 0 Å². The lowest BCUT2D eigenvalue weighted by molar-refractivity contribution is -0.137. The maximum Gasteiger partial charge on any atom is 0.416 e. The molecule has 1 aliphatic rings. The molecule has 0 aliphatic carbocycles. The highest BCUT2D eigenvalue weighted by molar-refractivity contribution is 6.33. The molecule has 1 fully saturated rings. The van der Waals surface area contributed by atoms with E-state index in [0.717, 1.165) is 31.8 Å². The number of rotatable bonds is 2. The Bertz CT molecular complexity index is 440. The van der Waals surface area contributed by atoms with Crippen LogP contribution in [0.4, 0.5) is 18.9 Å². The summed E-state index contributed by atoms with van der Waals surface area (Å²) in [7, 11) is 0. The lowest BCUT2D eigenvalue weighted by Gasteiger charge is -2.36. The minimum absolute atomic E-state index is 0.373. The third-order valence-corrected chi connectivity index (χ3v) is 3.75. The number of hydrogen-bond donors (Lipinski definition) is 0. The fourth-order valence-electron chi connectivity index (χ4n) is 2.24. The predicted molar refractivity (Wildman–Crippen MR) is 70.8 cm³/mol. The summed E-state index contributed by atoms with van der Waals surface area (Å²) in [4.78, 5) is 4.18. The summed E-state index contributed by atoms with van der Waals surface area (Å²) in [6.07, 6.45) is -4.33. The highest BCUT2D eigenvalue weighted by Crippen LogP contribution is 2.35. The van der Waals surface area contributed by atoms with Gasteiger partial charge >= 0.3 is 6.18 Å². The van der Waals surface area contributed by atoms with E-state index in [1.807, 2.05) is 4.90 Å². The Morgan fingerprint density at radius 3 is 2.32 bits per heavy atom. The van der Waals surface area contributed by atoms with Gasteiger partial charge in [0.25, 0.3) is 0 Å². The predicted octanol–water partition coefficient (Wildman–Crippen LogP) is 3.50. The van der Waals surface area contributed by atoms with E-state index in [9.17, 15) is 13.2 Å². The van der Waals surface area contributed by atoms with Gasteiger partial charge in [0.15, 0.2) is 0 Å². The quantitative estimate of drug-likeness (QED) is 0.823. The number of piperazine rings is 1. The Labute approximate surface area is 115 Å². The Kier molecular flexibility index (Phi) is 4.26. The number of benzene rings is 1. The molecule has 0 N–H and O–H groups in total. The van der Waals surface area contributed by atoms with E-state index in [-0.39, 0.29) is 0 Å². The molecular formula is C13H16ClF3N2. The molecule has 0 radical (unpaired) electrons. The Balaban J connectivity index is 2.20. The summed E-state index contributed by atoms with van der Waals surface area (Å²) in [6.45, 7) is 6.15. The van der Waals surface area contributed by atoms with E-state index in [0.29, 0.717) is 23.8 Å². The lowest BCUT2D eigenvalue weighted by Crippen LogP contribution is -2.46. The number of hydrogen-bond acceptors (Lipinski definition) is 2. The normalized spacial score (nSPS) is 17.8. The van der Waals surface area contributed by atoms with Crippen LogP contribution in [-0.4, -0.2) is 37.6 Å². The summed E-state index contributed by atoms with van der Waals surface area (Å²) in [5, 5.41) is 0.373. The molecule has 1 aliphatic heterocycles. The zero-order valence-corrected chi connectivity index (χ0v) is 11.4. The molecule has 0 spiro atoms. The minimum Gasteiger partial charge on any atom is -0.368 e. The van der Waals surface area contributed by atoms with Gasteiger partial charge in [-0.1, -0.05) is 18.5 Å². The molecule has 0 unspecified atom stereocenters. The Hall–Kier alpha value is -0.940. The van der Waals surface area contributed by atoms with Crippen molar-refractivity contribution in [3.63, 3.8) is 0 Å². The molecule has 0 bridgehead atoms. The van der Waals surface area contributed by atoms with Crippen LogP contribution >= 0.6 is 11.6 Å². The molecule has 0 saturated carbocycles. The molecule has 1 aromatic carbocycles. The summed E-state index contributed by atoms with van der Waals surface area (Å²) in [5.41, 5.74) is -0.169. The molecule has 19 heavy (non-hydrogen) atoms. The van der Waals surface area contributed by atoms with Crippen molar-refractivity contribution < 1.29 is 13.2 Å². The third-order valence-electron chi connectivity index (χ3n) is 3.43. The van der Waals surface area contributed by atoms with E-state index in [4.69, 9.17) is 11.6 Å². The van der Waals surface area contributed by atoms with Crippen LogP contribution in [-0.2, 0) is 6.18 Å². The highest BCUT2D eigenvalue weighted by atomic mass is 35.5. The largest absolute Gasteiger partial charge is 0.416 e. The van der Waals surface area contributed by atoms with Gasteiger partial charge in [0.1, 0.15) is 0 Å². The molecule has 1 heterocycles. The van der Waals surface area contributed by atoms with Gasteiger partial charge in [-0.25, -0.2) is 0 Å². The second-order valence-electron chi connectivity index (χ2n) is 4.59. The van der Waals surface area contributed by atoms with Crippen molar-refractivity contribution in [1.82, 2.24) is 4.90 Å². The van der Waals surface area contributed by atoms with Crippen molar-refractivity contribution in [2.45, 2.75) is 13.1 Å². The molecule has 106 valence electrons. The summed E-state index contributed by atoms with van der Waals surface area (Å²) < 4.78 is 38.1. The molecule has 0 amide bonds. The number of alkyl halides is 3. The molecule has 1 aromatic rings. The van der Waals surface area contributed by atoms with Crippen LogP contribution in [0.25, 0.3) is 0 Å². The van der Waals surface area contributed by atoms with Crippen LogP contribution in [0.5, 0.6) is 0 Å². The van der Waals surface area contributed by atoms with Crippen LogP contribution < -0.4 is 4.90 Å². The number of anilines is 1. The number of halogens is 4. The number of likely N-dealkylation sites (N-methyl/N-ethyl adjacent to an activating group) is 1. The van der Waals surface area contributed by atoms with Crippen LogP contribution in [0, 0.1) is 0 Å². The van der Waals surface area contributed by atoms with E-state index >= 15 is 0 Å². The third kappa shape index (κ3) is 3.34. The van der Waals surface area contributed by atoms with Crippen molar-refractivity contribution in [1.29, 1.82) is 0 Å². The van der Waals surface area contributed by atoms with Crippen LogP contribution in [0.1, 0.15) is 12.5 Å². The molecule has 1 saturated heterocycles. The van der Waals surface area contributed by atoms with Crippen molar-refractivity contribution in [2.24, 2.45) is 0 Å². The smallest absolute Gasteiger partial charge is 0.368 e. The molecule has 6 heteroatoms. The highest BCUT2D eigenvalue weighted by Gasteiger charge is 2.31. The minimum atomic E-state index is -4.33. The Morgan fingerprint density at radius 2 is 1.79 bits per heavy atom. The topological polar surface area (TPSA) is 6.48 Å². The van der Waals surface area contributed by atoms with E-state index in [1.165, 1.54) is 6.07 Å². The monoisotopic (exact) mass is 292 g/mol. The summed E-state index contributed by atoms with van der Waals surface area (Å²) in [5.74, 6) is 0. The standard InChI is InChI=1S/C13H16ClF3N2/c1-2-18-5-7-19(8-6-18)12-9-10(13(15,16)17)3-4-11(12)14/h3-4,9H,2,5-8H2,1H3. The van der Waals surface area contributed by atoms with Crippen LogP contribution in [0.2, 0.25) is 5.02 Å². The van der Waals surface area contributed by atoms with Gasteiger partial charge in [-0.05, 0) is 24.7 Å². The second kappa shape index (κ2) is 5.59. The van der Waals surface area contributed by atoms with Crippen molar-refractivity contribution in [2.75, 3.05) is 37.6 Å². The van der Waals surface area contributed by atoms with Gasteiger partial charge in [-0.3, -0.25) is 0 Å². The molecule has 0 aromatic heterocycles. The zero-order valence-electron chi connectivity index (χ0n) is 10.7. The van der Waals surface area contributed by atoms with Crippen molar-refractivity contribution in [3.8, 4) is 0 Å². The lowest BCUT2D eigenvalue weighted by atomic mass is 10.1. The van der Waals surface area contributed by atoms with E-state index in [2.05, 4.69) is 11.8 Å². The van der Waals surface area contributed by atoms with Gasteiger partial charge < -0.3 is 9.80 Å². The molecule has 2 rings (SSSR count). The average Bonchev–Trinajstić information content (AvgIpc) is 2.38. The number of nitrogens with zero attached hydrogens (tertiary/aromatic N) is 2. The molecule has 0 atom stereocenters. The fraction of sp³-hybridized carbons (Fsp3) is 0.538. The fourth-order valence-corrected chi connectivity index (χ4v) is 2.47. The SMILES string of the molecule is CCN1CCN(c2cc(C(F)(F)F)ccc2Cl)CC1. The zero-order chi connectivity index (χ0) is 14.0. The molecule has 2 nitrogen and oxygen atoms in total. The summed E-state index contributed by atoms with van der Waals surface area (Å²) in [6, 6.07) is 3.49. The van der Waals surface area contributed by atoms with Gasteiger partial charge in [-0.2, -0.15) is 13.2 Å². The van der Waals surface area contributed by atoms with Crippen LogP contribution in [0.3, 0.4) is 0 Å². The maximum atomic E-state index is 12.7. The first-order valence-corrected chi connectivity index (χ1v) is 6.63. The average molecular weight is 293 g/mol. The molecular weight excluding hydrogens is 277 g/mol. The second-order valence-corrected chi connectivity index (χ2v) is 4.99. The van der Waals surface area contributed by atoms with Gasteiger partial charge in [0.2, 0.25) is 0 Å². The first kappa shape index (κ1) is 14.5. The maximum absolute atomic E-state index is 12.7. The summed E-state index contributed by atoms with van der Waals surface area (Å²) >= 11 is 6.03. The van der Waals surface area contributed by atoms with Crippen LogP contribution in [0.15, 0.2) is 18.2 Å². The Morgan fingerprint density at radius 1 is 1.16 bits per heavy atom. The van der Waals surface area contributed by atoms with Crippen molar-refractivity contribution >= 4 is 17.3 Å². The van der Waals surface area contributed by atoms with Gasteiger partial charge in [0, 0.05) is 26.2 Å².